The molecule has 1 aromatic rings. The average molecular weight is 316 g/mol. The number of benzene rings is 1. The molecule has 2 amide bonds. The summed E-state index contributed by atoms with van der Waals surface area (Å²) in [4.78, 5) is 22.8. The zero-order valence-electron chi connectivity index (χ0n) is 11.7. The predicted octanol–water partition coefficient (Wildman–Crippen LogP) is 2.16. The van der Waals surface area contributed by atoms with Crippen molar-refractivity contribution in [2.24, 2.45) is 0 Å². The van der Waals surface area contributed by atoms with E-state index in [0.717, 1.165) is 6.07 Å². The van der Waals surface area contributed by atoms with E-state index >= 15 is 0 Å². The lowest BCUT2D eigenvalue weighted by Gasteiger charge is -2.15. The van der Waals surface area contributed by atoms with Crippen molar-refractivity contribution in [1.82, 2.24) is 5.32 Å². The summed E-state index contributed by atoms with van der Waals surface area (Å²) in [6.45, 7) is 0. The molecule has 6 nitrogen and oxygen atoms in total. The monoisotopic (exact) mass is 316 g/mol. The van der Waals surface area contributed by atoms with Crippen molar-refractivity contribution in [3.63, 3.8) is 0 Å². The van der Waals surface area contributed by atoms with Crippen molar-refractivity contribution in [1.29, 1.82) is 0 Å². The number of nitrogens with one attached hydrogen (secondary N) is 2. The summed E-state index contributed by atoms with van der Waals surface area (Å²) in [6, 6.07) is 2.18. The summed E-state index contributed by atoms with van der Waals surface area (Å²) in [5.74, 6) is -1.05. The summed E-state index contributed by atoms with van der Waals surface area (Å²) in [6.07, 6.45) is 2.17. The fourth-order valence-electron chi connectivity index (χ4n) is 1.56. The van der Waals surface area contributed by atoms with Crippen LogP contribution < -0.4 is 15.4 Å². The number of carbonyl (C=O) groups is 2. The van der Waals surface area contributed by atoms with Gasteiger partial charge < -0.3 is 20.5 Å². The van der Waals surface area contributed by atoms with Crippen molar-refractivity contribution in [2.45, 2.75) is 12.5 Å². The molecular weight excluding hydrogens is 299 g/mol. The molecule has 0 aliphatic carbocycles. The number of hydrogen-bond acceptors (Lipinski definition) is 4. The molecule has 116 valence electrons. The number of amides is 2. The molecule has 0 spiro atoms. The maximum absolute atomic E-state index is 13.2. The van der Waals surface area contributed by atoms with Gasteiger partial charge in [-0.15, -0.1) is 0 Å². The van der Waals surface area contributed by atoms with Crippen LogP contribution in [-0.2, 0) is 4.79 Å². The number of hydrogen-bond donors (Lipinski definition) is 3. The number of methoxy groups -OCH3 is 1. The van der Waals surface area contributed by atoms with Gasteiger partial charge in [-0.2, -0.15) is 11.8 Å². The Bertz CT molecular complexity index is 513. The fraction of sp³-hybridized carbons (Fsp3) is 0.385. The van der Waals surface area contributed by atoms with Crippen LogP contribution in [0.5, 0.6) is 5.75 Å². The minimum absolute atomic E-state index is 0.00929. The van der Waals surface area contributed by atoms with E-state index in [9.17, 15) is 14.0 Å². The Kier molecular flexibility index (Phi) is 6.80. The molecule has 0 radical (unpaired) electrons. The SMILES string of the molecule is COc1cc(NC(=O)N[C@H](CCSC)C(=O)O)ccc1F. The van der Waals surface area contributed by atoms with E-state index in [2.05, 4.69) is 10.6 Å². The summed E-state index contributed by atoms with van der Waals surface area (Å²) >= 11 is 1.49. The minimum Gasteiger partial charge on any atom is -0.494 e. The lowest BCUT2D eigenvalue weighted by atomic mass is 10.2. The molecule has 3 N–H and O–H groups in total. The van der Waals surface area contributed by atoms with Crippen molar-refractivity contribution >= 4 is 29.4 Å². The van der Waals surface area contributed by atoms with Gasteiger partial charge >= 0.3 is 12.0 Å². The fourth-order valence-corrected chi connectivity index (χ4v) is 2.03. The Morgan fingerprint density at radius 1 is 1.48 bits per heavy atom. The van der Waals surface area contributed by atoms with Gasteiger partial charge in [-0.05, 0) is 30.6 Å². The third-order valence-electron chi connectivity index (χ3n) is 2.62. The number of carbonyl (C=O) groups excluding carboxylic acids is 1. The lowest BCUT2D eigenvalue weighted by molar-refractivity contribution is -0.139. The molecule has 0 fully saturated rings. The largest absolute Gasteiger partial charge is 0.494 e. The van der Waals surface area contributed by atoms with Gasteiger partial charge in [-0.1, -0.05) is 0 Å². The number of thioether (sulfide) groups is 1. The van der Waals surface area contributed by atoms with Crippen LogP contribution in [0, 0.1) is 5.82 Å². The molecule has 8 heteroatoms. The second kappa shape index (κ2) is 8.35. The number of aliphatic carboxylic acids is 1. The quantitative estimate of drug-likeness (QED) is 0.717. The summed E-state index contributed by atoms with van der Waals surface area (Å²) < 4.78 is 18.0. The first-order valence-corrected chi connectivity index (χ1v) is 7.50. The lowest BCUT2D eigenvalue weighted by Crippen LogP contribution is -2.43. The molecular formula is C13H17FN2O4S. The molecule has 0 aromatic heterocycles. The Balaban J connectivity index is 2.65. The molecule has 0 saturated heterocycles. The second-order valence-electron chi connectivity index (χ2n) is 4.12. The van der Waals surface area contributed by atoms with Gasteiger partial charge in [0.15, 0.2) is 11.6 Å². The number of rotatable bonds is 7. The van der Waals surface area contributed by atoms with Crippen LogP contribution in [0.15, 0.2) is 18.2 Å². The van der Waals surface area contributed by atoms with Crippen LogP contribution in [0.1, 0.15) is 6.42 Å². The number of anilines is 1. The van der Waals surface area contributed by atoms with E-state index in [-0.39, 0.29) is 5.75 Å². The van der Waals surface area contributed by atoms with Crippen molar-refractivity contribution in [2.75, 3.05) is 24.4 Å². The highest BCUT2D eigenvalue weighted by atomic mass is 32.2. The van der Waals surface area contributed by atoms with Crippen LogP contribution in [0.2, 0.25) is 0 Å². The predicted molar refractivity (Wildman–Crippen MR) is 79.5 cm³/mol. The molecule has 0 unspecified atom stereocenters. The second-order valence-corrected chi connectivity index (χ2v) is 5.11. The molecule has 1 aromatic carbocycles. The van der Waals surface area contributed by atoms with Crippen molar-refractivity contribution < 1.29 is 23.8 Å². The maximum atomic E-state index is 13.2. The van der Waals surface area contributed by atoms with E-state index in [4.69, 9.17) is 9.84 Å². The van der Waals surface area contributed by atoms with Crippen LogP contribution in [0.3, 0.4) is 0 Å². The Morgan fingerprint density at radius 3 is 2.76 bits per heavy atom. The van der Waals surface area contributed by atoms with Gasteiger partial charge in [0.05, 0.1) is 7.11 Å². The molecule has 0 aliphatic rings. The van der Waals surface area contributed by atoms with E-state index in [1.807, 2.05) is 6.26 Å². The normalized spacial score (nSPS) is 11.6. The van der Waals surface area contributed by atoms with E-state index in [1.54, 1.807) is 0 Å². The Morgan fingerprint density at radius 2 is 2.19 bits per heavy atom. The number of ether oxygens (including phenoxy) is 1. The highest BCUT2D eigenvalue weighted by Gasteiger charge is 2.19. The number of carboxylic acid groups (broad SMARTS) is 1. The zero-order valence-corrected chi connectivity index (χ0v) is 12.5. The molecule has 1 rings (SSSR count). The van der Waals surface area contributed by atoms with Gasteiger partial charge in [-0.3, -0.25) is 0 Å². The molecule has 1 atom stereocenters. The average Bonchev–Trinajstić information content (AvgIpc) is 2.45. The van der Waals surface area contributed by atoms with E-state index in [0.29, 0.717) is 17.9 Å². The smallest absolute Gasteiger partial charge is 0.326 e. The minimum atomic E-state index is -1.10. The van der Waals surface area contributed by atoms with Gasteiger partial charge in [0.25, 0.3) is 0 Å². The first-order valence-electron chi connectivity index (χ1n) is 6.10. The van der Waals surface area contributed by atoms with Crippen LogP contribution in [0.25, 0.3) is 0 Å². The van der Waals surface area contributed by atoms with E-state index < -0.39 is 23.9 Å². The molecule has 0 aliphatic heterocycles. The van der Waals surface area contributed by atoms with Gasteiger partial charge in [0.2, 0.25) is 0 Å². The topological polar surface area (TPSA) is 87.7 Å². The summed E-state index contributed by atoms with van der Waals surface area (Å²) in [7, 11) is 1.31. The molecule has 0 heterocycles. The molecule has 0 bridgehead atoms. The number of carboxylic acids is 1. The molecule has 0 saturated carbocycles. The summed E-state index contributed by atoms with van der Waals surface area (Å²) in [5, 5.41) is 13.8. The number of urea groups is 1. The Labute approximate surface area is 126 Å². The van der Waals surface area contributed by atoms with Gasteiger partial charge in [0, 0.05) is 11.8 Å². The first kappa shape index (κ1) is 17.1. The van der Waals surface area contributed by atoms with Gasteiger partial charge in [0.1, 0.15) is 6.04 Å². The number of halogens is 1. The highest BCUT2D eigenvalue weighted by Crippen LogP contribution is 2.21. The van der Waals surface area contributed by atoms with E-state index in [1.165, 1.54) is 31.0 Å². The van der Waals surface area contributed by atoms with Gasteiger partial charge in [-0.25, -0.2) is 14.0 Å². The zero-order chi connectivity index (χ0) is 15.8. The van der Waals surface area contributed by atoms with Crippen LogP contribution in [-0.4, -0.2) is 42.3 Å². The Hall–Kier alpha value is -1.96. The molecule has 21 heavy (non-hydrogen) atoms. The van der Waals surface area contributed by atoms with Crippen LogP contribution >= 0.6 is 11.8 Å². The third kappa shape index (κ3) is 5.50. The highest BCUT2D eigenvalue weighted by molar-refractivity contribution is 7.98. The maximum Gasteiger partial charge on any atom is 0.326 e. The standard InChI is InChI=1S/C13H17FN2O4S/c1-20-11-7-8(3-4-9(11)14)15-13(19)16-10(12(17)18)5-6-21-2/h3-4,7,10H,5-6H2,1-2H3,(H,17,18)(H2,15,16,19)/t10-/m1/s1. The third-order valence-corrected chi connectivity index (χ3v) is 3.27. The van der Waals surface area contributed by atoms with Crippen molar-refractivity contribution in [3.8, 4) is 5.75 Å². The summed E-state index contributed by atoms with van der Waals surface area (Å²) in [5.41, 5.74) is 0.305. The van der Waals surface area contributed by atoms with Crippen LogP contribution in [0.4, 0.5) is 14.9 Å². The first-order chi connectivity index (χ1) is 9.97. The van der Waals surface area contributed by atoms with Crippen molar-refractivity contribution in [3.05, 3.63) is 24.0 Å².